The molecule has 0 bridgehead atoms. The molecule has 0 aliphatic carbocycles. The number of benzene rings is 1. The summed E-state index contributed by atoms with van der Waals surface area (Å²) < 4.78 is 74.4. The number of rotatable bonds is 6. The highest BCUT2D eigenvalue weighted by Crippen LogP contribution is 2.38. The highest BCUT2D eigenvalue weighted by molar-refractivity contribution is 6.62. The highest BCUT2D eigenvalue weighted by Gasteiger charge is 2.52. The molecule has 0 radical (unpaired) electrons. The molecule has 0 amide bonds. The van der Waals surface area contributed by atoms with Crippen molar-refractivity contribution in [2.45, 2.75) is 51.9 Å². The lowest BCUT2D eigenvalue weighted by atomic mass is 9.78. The van der Waals surface area contributed by atoms with Gasteiger partial charge < -0.3 is 14.0 Å². The standard InChI is InChI=1S/C19H23BF4N2O3/c1-18(2)19(3,4)29-20(28-18)13-7-6-11(14(21)15(13)22)12-10-25-26(8-9-27-5)16(12)17(23)24/h6-7,10,17H,8-9H2,1-5H3. The molecular weight excluding hydrogens is 391 g/mol. The number of halogens is 4. The van der Waals surface area contributed by atoms with E-state index in [1.807, 2.05) is 0 Å². The van der Waals surface area contributed by atoms with E-state index in [1.54, 1.807) is 27.7 Å². The maximum atomic E-state index is 14.9. The Morgan fingerprint density at radius 2 is 1.69 bits per heavy atom. The molecule has 2 aromatic rings. The molecule has 29 heavy (non-hydrogen) atoms. The maximum Gasteiger partial charge on any atom is 0.497 e. The minimum atomic E-state index is -2.92. The monoisotopic (exact) mass is 414 g/mol. The number of aromatic nitrogens is 2. The summed E-state index contributed by atoms with van der Waals surface area (Å²) in [5, 5.41) is 3.88. The van der Waals surface area contributed by atoms with Gasteiger partial charge in [-0.05, 0) is 27.7 Å². The summed E-state index contributed by atoms with van der Waals surface area (Å²) in [6.07, 6.45) is -1.82. The quantitative estimate of drug-likeness (QED) is 0.534. The molecule has 1 aromatic heterocycles. The van der Waals surface area contributed by atoms with Crippen LogP contribution in [0.15, 0.2) is 18.3 Å². The van der Waals surface area contributed by atoms with Crippen LogP contribution in [0.25, 0.3) is 11.1 Å². The van der Waals surface area contributed by atoms with Gasteiger partial charge in [0.2, 0.25) is 0 Å². The van der Waals surface area contributed by atoms with Crippen molar-refractivity contribution in [2.75, 3.05) is 13.7 Å². The van der Waals surface area contributed by atoms with Crippen molar-refractivity contribution >= 4 is 12.6 Å². The van der Waals surface area contributed by atoms with Crippen LogP contribution in [0.2, 0.25) is 0 Å². The van der Waals surface area contributed by atoms with Crippen LogP contribution in [0.1, 0.15) is 39.8 Å². The van der Waals surface area contributed by atoms with E-state index in [4.69, 9.17) is 14.0 Å². The Kier molecular flexibility index (Phi) is 5.81. The van der Waals surface area contributed by atoms with Crippen LogP contribution in [0, 0.1) is 11.6 Å². The number of nitrogens with zero attached hydrogens (tertiary/aromatic N) is 2. The van der Waals surface area contributed by atoms with Crippen molar-refractivity contribution < 1.29 is 31.6 Å². The zero-order valence-electron chi connectivity index (χ0n) is 16.9. The van der Waals surface area contributed by atoms with Gasteiger partial charge in [-0.2, -0.15) is 5.10 Å². The van der Waals surface area contributed by atoms with E-state index < -0.39 is 42.1 Å². The van der Waals surface area contributed by atoms with Gasteiger partial charge in [0, 0.05) is 23.7 Å². The summed E-state index contributed by atoms with van der Waals surface area (Å²) in [5.74, 6) is -2.46. The van der Waals surface area contributed by atoms with Gasteiger partial charge in [-0.25, -0.2) is 17.6 Å². The Bertz CT molecular complexity index is 886. The number of ether oxygens (including phenoxy) is 1. The largest absolute Gasteiger partial charge is 0.497 e. The molecule has 1 saturated heterocycles. The van der Waals surface area contributed by atoms with E-state index in [9.17, 15) is 17.6 Å². The third-order valence-electron chi connectivity index (χ3n) is 5.50. The summed E-state index contributed by atoms with van der Waals surface area (Å²) in [6, 6.07) is 2.53. The number of alkyl halides is 2. The van der Waals surface area contributed by atoms with Gasteiger partial charge >= 0.3 is 7.12 Å². The first-order valence-electron chi connectivity index (χ1n) is 9.17. The molecule has 158 valence electrons. The fraction of sp³-hybridized carbons (Fsp3) is 0.526. The van der Waals surface area contributed by atoms with E-state index in [0.29, 0.717) is 0 Å². The first kappa shape index (κ1) is 21.8. The van der Waals surface area contributed by atoms with Gasteiger partial charge in [-0.1, -0.05) is 12.1 Å². The Morgan fingerprint density at radius 3 is 2.24 bits per heavy atom. The summed E-state index contributed by atoms with van der Waals surface area (Å²) in [6.45, 7) is 7.38. The van der Waals surface area contributed by atoms with Crippen molar-refractivity contribution in [1.82, 2.24) is 9.78 Å². The number of hydrogen-bond acceptors (Lipinski definition) is 4. The van der Waals surface area contributed by atoms with Crippen LogP contribution in [0.3, 0.4) is 0 Å². The van der Waals surface area contributed by atoms with E-state index in [1.165, 1.54) is 19.2 Å². The van der Waals surface area contributed by atoms with E-state index >= 15 is 0 Å². The maximum absolute atomic E-state index is 14.9. The molecule has 10 heteroatoms. The third-order valence-corrected chi connectivity index (χ3v) is 5.50. The van der Waals surface area contributed by atoms with Crippen LogP contribution in [0.4, 0.5) is 17.6 Å². The minimum absolute atomic E-state index is 0.0618. The Hall–Kier alpha value is -1.91. The van der Waals surface area contributed by atoms with Gasteiger partial charge in [0.25, 0.3) is 6.43 Å². The zero-order valence-corrected chi connectivity index (χ0v) is 16.9. The zero-order chi connectivity index (χ0) is 21.6. The minimum Gasteiger partial charge on any atom is -0.399 e. The molecule has 1 aromatic carbocycles. The summed E-state index contributed by atoms with van der Waals surface area (Å²) in [7, 11) is 0.318. The van der Waals surface area contributed by atoms with E-state index in [0.717, 1.165) is 10.9 Å². The van der Waals surface area contributed by atoms with Gasteiger partial charge in [-0.15, -0.1) is 0 Å². The van der Waals surface area contributed by atoms with Crippen LogP contribution < -0.4 is 5.46 Å². The average Bonchev–Trinajstić information content (AvgIpc) is 3.13. The van der Waals surface area contributed by atoms with Crippen molar-refractivity contribution in [2.24, 2.45) is 0 Å². The second-order valence-corrected chi connectivity index (χ2v) is 7.88. The predicted molar refractivity (Wildman–Crippen MR) is 100 cm³/mol. The highest BCUT2D eigenvalue weighted by atomic mass is 19.3. The topological polar surface area (TPSA) is 45.5 Å². The summed E-state index contributed by atoms with van der Waals surface area (Å²) >= 11 is 0. The molecule has 3 rings (SSSR count). The van der Waals surface area contributed by atoms with Gasteiger partial charge in [0.15, 0.2) is 11.6 Å². The second kappa shape index (κ2) is 7.73. The van der Waals surface area contributed by atoms with Gasteiger partial charge in [0.05, 0.1) is 30.6 Å². The molecule has 0 spiro atoms. The number of hydrogen-bond donors (Lipinski definition) is 0. The molecule has 1 fully saturated rings. The molecular formula is C19H23BF4N2O3. The SMILES string of the molecule is COCCn1ncc(-c2ccc(B3OC(C)(C)C(C)(C)O3)c(F)c2F)c1C(F)F. The first-order valence-corrected chi connectivity index (χ1v) is 9.17. The normalized spacial score (nSPS) is 18.1. The lowest BCUT2D eigenvalue weighted by molar-refractivity contribution is 0.00578. The molecule has 0 unspecified atom stereocenters. The Balaban J connectivity index is 2.01. The van der Waals surface area contributed by atoms with E-state index in [2.05, 4.69) is 5.10 Å². The van der Waals surface area contributed by atoms with Gasteiger partial charge in [0.1, 0.15) is 5.69 Å². The molecule has 0 saturated carbocycles. The van der Waals surface area contributed by atoms with Crippen LogP contribution in [-0.4, -0.2) is 41.8 Å². The van der Waals surface area contributed by atoms with Crippen LogP contribution >= 0.6 is 0 Å². The smallest absolute Gasteiger partial charge is 0.399 e. The van der Waals surface area contributed by atoms with E-state index in [-0.39, 0.29) is 29.7 Å². The molecule has 5 nitrogen and oxygen atoms in total. The summed E-state index contributed by atoms with van der Waals surface area (Å²) in [5.41, 5.74) is -2.57. The Labute approximate surface area is 167 Å². The molecule has 0 atom stereocenters. The molecule has 0 N–H and O–H groups in total. The second-order valence-electron chi connectivity index (χ2n) is 7.88. The first-order chi connectivity index (χ1) is 13.5. The average molecular weight is 414 g/mol. The summed E-state index contributed by atoms with van der Waals surface area (Å²) in [4.78, 5) is 0. The Morgan fingerprint density at radius 1 is 1.07 bits per heavy atom. The van der Waals surface area contributed by atoms with Crippen molar-refractivity contribution in [3.8, 4) is 11.1 Å². The lowest BCUT2D eigenvalue weighted by Crippen LogP contribution is -2.41. The molecule has 1 aliphatic rings. The van der Waals surface area contributed by atoms with Crippen molar-refractivity contribution in [3.63, 3.8) is 0 Å². The predicted octanol–water partition coefficient (Wildman–Crippen LogP) is 3.71. The fourth-order valence-corrected chi connectivity index (χ4v) is 3.11. The fourth-order valence-electron chi connectivity index (χ4n) is 3.11. The lowest BCUT2D eigenvalue weighted by Gasteiger charge is -2.32. The molecule has 2 heterocycles. The third kappa shape index (κ3) is 3.81. The van der Waals surface area contributed by atoms with Gasteiger partial charge in [-0.3, -0.25) is 4.68 Å². The van der Waals surface area contributed by atoms with Crippen molar-refractivity contribution in [1.29, 1.82) is 0 Å². The van der Waals surface area contributed by atoms with Crippen molar-refractivity contribution in [3.05, 3.63) is 35.7 Å². The molecule has 1 aliphatic heterocycles. The number of methoxy groups -OCH3 is 1. The van der Waals surface area contributed by atoms with Crippen LogP contribution in [-0.2, 0) is 20.6 Å². The van der Waals surface area contributed by atoms with Crippen LogP contribution in [0.5, 0.6) is 0 Å².